The number of para-hydroxylation sites is 1. The topological polar surface area (TPSA) is 87.7 Å². The van der Waals surface area contributed by atoms with Crippen LogP contribution in [0.25, 0.3) is 10.9 Å². The highest BCUT2D eigenvalue weighted by molar-refractivity contribution is 5.90. The van der Waals surface area contributed by atoms with Crippen molar-refractivity contribution in [2.75, 3.05) is 43.0 Å². The fraction of sp³-hybridized carbons (Fsp3) is 0.412. The van der Waals surface area contributed by atoms with Gasteiger partial charge in [0.25, 0.3) is 0 Å². The first kappa shape index (κ1) is 27.9. The number of hydrogen-bond donors (Lipinski definition) is 1. The minimum absolute atomic E-state index is 0.0601. The number of nitrogens with zero attached hydrogens (tertiary/aromatic N) is 4. The molecule has 1 aliphatic carbocycles. The molecule has 2 aromatic carbocycles. The summed E-state index contributed by atoms with van der Waals surface area (Å²) in [5, 5.41) is 4.55. The standard InChI is InChI=1S/C34H39N5O3/c1-2-42-32(41)25-15-20-38(21-16-25)31-28-13-7-8-14-29(28)36-33(37-31)35-27-17-22-39(24-27)30(40)23-34(18-9-4-10-19-34)26-11-5-3-6-12-26/h3-14,18,25,27H,2,15-17,19-24H2,1H3,(H,35,36,37)/t27-,34?/m0/s1. The molecule has 2 aliphatic heterocycles. The SMILES string of the molecule is CCOC(=O)C1CCN(c2nc(N[C@H]3CCN(C(=O)CC4(c5ccccc5)C=CC=CC4)C3)nc3ccccc23)CC1. The number of esters is 1. The van der Waals surface area contributed by atoms with Crippen LogP contribution in [-0.4, -0.2) is 65.6 Å². The number of carbonyl (C=O) groups is 2. The lowest BCUT2D eigenvalue weighted by Crippen LogP contribution is -2.38. The molecule has 1 aromatic heterocycles. The molecule has 3 heterocycles. The number of aromatic nitrogens is 2. The maximum Gasteiger partial charge on any atom is 0.309 e. The van der Waals surface area contributed by atoms with Crippen molar-refractivity contribution in [1.82, 2.24) is 14.9 Å². The molecule has 6 rings (SSSR count). The molecule has 2 fully saturated rings. The zero-order valence-electron chi connectivity index (χ0n) is 24.2. The van der Waals surface area contributed by atoms with Crippen molar-refractivity contribution in [1.29, 1.82) is 0 Å². The van der Waals surface area contributed by atoms with Crippen LogP contribution in [0.5, 0.6) is 0 Å². The van der Waals surface area contributed by atoms with Gasteiger partial charge in [0.1, 0.15) is 5.82 Å². The van der Waals surface area contributed by atoms with Gasteiger partial charge in [-0.15, -0.1) is 0 Å². The van der Waals surface area contributed by atoms with Gasteiger partial charge in [0.05, 0.1) is 18.0 Å². The van der Waals surface area contributed by atoms with Gasteiger partial charge in [-0.05, 0) is 50.3 Å². The number of benzene rings is 2. The minimum atomic E-state index is -0.310. The Morgan fingerprint density at radius 3 is 2.52 bits per heavy atom. The third-order valence-corrected chi connectivity index (χ3v) is 8.83. The van der Waals surface area contributed by atoms with Crippen molar-refractivity contribution in [2.24, 2.45) is 5.92 Å². The highest BCUT2D eigenvalue weighted by Crippen LogP contribution is 2.37. The van der Waals surface area contributed by atoms with E-state index in [-0.39, 0.29) is 29.3 Å². The first-order valence-corrected chi connectivity index (χ1v) is 15.2. The molecule has 3 aliphatic rings. The van der Waals surface area contributed by atoms with Crippen LogP contribution in [0.2, 0.25) is 0 Å². The Labute approximate surface area is 247 Å². The van der Waals surface area contributed by atoms with Crippen LogP contribution in [0, 0.1) is 5.92 Å². The van der Waals surface area contributed by atoms with E-state index in [2.05, 4.69) is 52.7 Å². The summed E-state index contributed by atoms with van der Waals surface area (Å²) in [6, 6.07) is 18.5. The lowest BCUT2D eigenvalue weighted by atomic mass is 9.72. The molecule has 8 nitrogen and oxygen atoms in total. The quantitative estimate of drug-likeness (QED) is 0.373. The average molecular weight is 566 g/mol. The van der Waals surface area contributed by atoms with Crippen molar-refractivity contribution in [3.05, 3.63) is 84.5 Å². The Morgan fingerprint density at radius 2 is 1.76 bits per heavy atom. The van der Waals surface area contributed by atoms with Gasteiger partial charge in [-0.25, -0.2) is 4.98 Å². The predicted octanol–water partition coefficient (Wildman–Crippen LogP) is 5.27. The van der Waals surface area contributed by atoms with E-state index in [1.54, 1.807) is 0 Å². The number of nitrogens with one attached hydrogen (secondary N) is 1. The normalized spacial score (nSPS) is 22.5. The summed E-state index contributed by atoms with van der Waals surface area (Å²) in [7, 11) is 0. The number of rotatable bonds is 8. The number of carbonyl (C=O) groups excluding carboxylic acids is 2. The van der Waals surface area contributed by atoms with Crippen molar-refractivity contribution >= 4 is 34.5 Å². The fourth-order valence-electron chi connectivity index (χ4n) is 6.50. The van der Waals surface area contributed by atoms with Crippen molar-refractivity contribution < 1.29 is 14.3 Å². The van der Waals surface area contributed by atoms with E-state index in [1.165, 1.54) is 5.56 Å². The second-order valence-corrected chi connectivity index (χ2v) is 11.6. The van der Waals surface area contributed by atoms with Crippen molar-refractivity contribution in [3.8, 4) is 0 Å². The van der Waals surface area contributed by atoms with Gasteiger partial charge < -0.3 is 19.9 Å². The van der Waals surface area contributed by atoms with Gasteiger partial charge in [-0.3, -0.25) is 9.59 Å². The zero-order chi connectivity index (χ0) is 28.9. The molecule has 218 valence electrons. The van der Waals surface area contributed by atoms with Gasteiger partial charge in [-0.1, -0.05) is 66.8 Å². The van der Waals surface area contributed by atoms with Crippen molar-refractivity contribution in [2.45, 2.75) is 50.5 Å². The minimum Gasteiger partial charge on any atom is -0.466 e. The van der Waals surface area contributed by atoms with E-state index in [1.807, 2.05) is 48.2 Å². The van der Waals surface area contributed by atoms with E-state index in [0.717, 1.165) is 55.5 Å². The molecule has 0 saturated carbocycles. The molecule has 42 heavy (non-hydrogen) atoms. The van der Waals surface area contributed by atoms with Crippen molar-refractivity contribution in [3.63, 3.8) is 0 Å². The molecule has 0 spiro atoms. The number of amides is 1. The number of piperidine rings is 1. The van der Waals surface area contributed by atoms with Crippen LogP contribution in [0.1, 0.15) is 44.6 Å². The highest BCUT2D eigenvalue weighted by atomic mass is 16.5. The predicted molar refractivity (Wildman–Crippen MR) is 165 cm³/mol. The molecule has 1 amide bonds. The molecule has 3 aromatic rings. The Morgan fingerprint density at radius 1 is 0.976 bits per heavy atom. The molecular weight excluding hydrogens is 526 g/mol. The molecule has 8 heteroatoms. The van der Waals surface area contributed by atoms with Gasteiger partial charge in [0.2, 0.25) is 11.9 Å². The molecule has 1 unspecified atom stereocenters. The van der Waals surface area contributed by atoms with Crippen LogP contribution >= 0.6 is 0 Å². The molecule has 2 atom stereocenters. The fourth-order valence-corrected chi connectivity index (χ4v) is 6.50. The molecule has 1 N–H and O–H groups in total. The number of ether oxygens (including phenoxy) is 1. The van der Waals surface area contributed by atoms with Crippen LogP contribution in [-0.2, 0) is 19.7 Å². The Hall–Kier alpha value is -4.20. The first-order valence-electron chi connectivity index (χ1n) is 15.2. The number of allylic oxidation sites excluding steroid dienone is 4. The number of fused-ring (bicyclic) bond motifs is 1. The maximum absolute atomic E-state index is 13.6. The summed E-state index contributed by atoms with van der Waals surface area (Å²) in [5.74, 6) is 1.48. The number of anilines is 2. The van der Waals surface area contributed by atoms with Gasteiger partial charge >= 0.3 is 5.97 Å². The lowest BCUT2D eigenvalue weighted by molar-refractivity contribution is -0.148. The van der Waals surface area contributed by atoms with Gasteiger partial charge in [-0.2, -0.15) is 4.98 Å². The summed E-state index contributed by atoms with van der Waals surface area (Å²) < 4.78 is 5.25. The average Bonchev–Trinajstić information content (AvgIpc) is 3.50. The van der Waals surface area contributed by atoms with Crippen LogP contribution < -0.4 is 10.2 Å². The third kappa shape index (κ3) is 5.89. The van der Waals surface area contributed by atoms with Crippen LogP contribution in [0.3, 0.4) is 0 Å². The number of likely N-dealkylation sites (tertiary alicyclic amines) is 1. The molecule has 0 bridgehead atoms. The Balaban J connectivity index is 1.14. The molecule has 2 saturated heterocycles. The second-order valence-electron chi connectivity index (χ2n) is 11.6. The van der Waals surface area contributed by atoms with Gasteiger partial charge in [0.15, 0.2) is 0 Å². The maximum atomic E-state index is 13.6. The first-order chi connectivity index (χ1) is 20.5. The largest absolute Gasteiger partial charge is 0.466 e. The van der Waals surface area contributed by atoms with E-state index < -0.39 is 0 Å². The summed E-state index contributed by atoms with van der Waals surface area (Å²) in [6.45, 7) is 5.07. The summed E-state index contributed by atoms with van der Waals surface area (Å²) in [4.78, 5) is 39.9. The summed E-state index contributed by atoms with van der Waals surface area (Å²) in [5.41, 5.74) is 1.75. The zero-order valence-corrected chi connectivity index (χ0v) is 24.2. The highest BCUT2D eigenvalue weighted by Gasteiger charge is 2.36. The lowest BCUT2D eigenvalue weighted by Gasteiger charge is -2.33. The smallest absolute Gasteiger partial charge is 0.309 e. The summed E-state index contributed by atoms with van der Waals surface area (Å²) >= 11 is 0. The van der Waals surface area contributed by atoms with E-state index in [9.17, 15) is 9.59 Å². The van der Waals surface area contributed by atoms with Crippen LogP contribution in [0.4, 0.5) is 11.8 Å². The monoisotopic (exact) mass is 565 g/mol. The number of hydrogen-bond acceptors (Lipinski definition) is 7. The molecule has 0 radical (unpaired) electrons. The Kier molecular flexibility index (Phi) is 8.22. The Bertz CT molecular complexity index is 1480. The van der Waals surface area contributed by atoms with E-state index >= 15 is 0 Å². The van der Waals surface area contributed by atoms with Crippen LogP contribution in [0.15, 0.2) is 78.9 Å². The summed E-state index contributed by atoms with van der Waals surface area (Å²) in [6.07, 6.45) is 12.1. The second kappa shape index (κ2) is 12.3. The van der Waals surface area contributed by atoms with Gasteiger partial charge in [0, 0.05) is 49.4 Å². The molecular formula is C34H39N5O3. The van der Waals surface area contributed by atoms with E-state index in [4.69, 9.17) is 14.7 Å². The van der Waals surface area contributed by atoms with E-state index in [0.29, 0.717) is 32.1 Å². The third-order valence-electron chi connectivity index (χ3n) is 8.83.